The lowest BCUT2D eigenvalue weighted by Gasteiger charge is -2.28. The highest BCUT2D eigenvalue weighted by molar-refractivity contribution is 7.99. The Morgan fingerprint density at radius 2 is 0.882 bits per heavy atom. The van der Waals surface area contributed by atoms with Gasteiger partial charge in [-0.15, -0.1) is 0 Å². The zero-order valence-corrected chi connectivity index (χ0v) is 47.5. The first kappa shape index (κ1) is 72.8. The predicted octanol–water partition coefficient (Wildman–Crippen LogP) is 6.82. The molecular weight excluding hydrogens is 911 g/mol. The van der Waals surface area contributed by atoms with Crippen LogP contribution in [0.15, 0.2) is 0 Å². The fraction of sp³-hybridized carbons (Fsp3) is 0.920. The molecule has 16 nitrogen and oxygen atoms in total. The lowest BCUT2D eigenvalue weighted by molar-refractivity contribution is -0.152. The Bertz CT molecular complexity index is 1090. The summed E-state index contributed by atoms with van der Waals surface area (Å²) in [7, 11) is 9.25. The van der Waals surface area contributed by atoms with Gasteiger partial charge < -0.3 is 54.0 Å². The third kappa shape index (κ3) is 66.3. The lowest BCUT2D eigenvalue weighted by Crippen LogP contribution is -2.31. The number of carbonyl (C=O) groups is 4. The second-order valence-corrected chi connectivity index (χ2v) is 20.7. The number of thioether (sulfide) groups is 2. The Balaban J connectivity index is -0.000000460. The van der Waals surface area contributed by atoms with E-state index in [1.165, 1.54) is 19.3 Å². The molecule has 0 atom stereocenters. The lowest BCUT2D eigenvalue weighted by atomic mass is 9.78. The molecule has 0 spiro atoms. The molecule has 0 aliphatic carbocycles. The van der Waals surface area contributed by atoms with Crippen molar-refractivity contribution in [2.45, 2.75) is 120 Å². The van der Waals surface area contributed by atoms with E-state index in [4.69, 9.17) is 33.2 Å². The predicted molar refractivity (Wildman–Crippen MR) is 285 cm³/mol. The zero-order chi connectivity index (χ0) is 52.2. The second-order valence-electron chi connectivity index (χ2n) is 18.2. The molecule has 0 unspecified atom stereocenters. The standard InChI is InChI=1S/C23H46N2O2S2.C15H33NO5.C9H18N2O4.C3H8/c1-7-14-28-16-12-24-20(26)18-22(3,4)10-9-11-23(5,6)19-21(27)25-13-17-29-15-8-2;1-4-6-17-8-10-19-12-14-21-15-13-20-11-9-18-7-5-16(2)3;1-10-6-8(12)14-4-5-15-9(13)7-11(2)3;1-3-2/h7-19H2,1-6H3,(H,24,26)(H,25,27);4-15H2,1-3H3;10H,4-7H2,1-3H3;3H2,1-2H3. The molecule has 0 aliphatic heterocycles. The molecule has 0 fully saturated rings. The first-order valence-corrected chi connectivity index (χ1v) is 27.5. The fourth-order valence-electron chi connectivity index (χ4n) is 5.42. The van der Waals surface area contributed by atoms with Gasteiger partial charge in [-0.1, -0.05) is 75.2 Å². The number of nitrogens with zero attached hydrogens (tertiary/aromatic N) is 2. The van der Waals surface area contributed by atoms with Gasteiger partial charge in [-0.3, -0.25) is 24.1 Å². The maximum atomic E-state index is 12.2. The van der Waals surface area contributed by atoms with Crippen LogP contribution in [0.1, 0.15) is 120 Å². The number of esters is 2. The Labute approximate surface area is 424 Å². The molecular formula is C50H105N5O11S2. The molecule has 2 amide bonds. The Morgan fingerprint density at radius 1 is 0.500 bits per heavy atom. The summed E-state index contributed by atoms with van der Waals surface area (Å²) in [4.78, 5) is 50.0. The molecule has 0 aromatic heterocycles. The van der Waals surface area contributed by atoms with Gasteiger partial charge in [0.25, 0.3) is 0 Å². The van der Waals surface area contributed by atoms with Gasteiger partial charge in [-0.05, 0) is 89.7 Å². The van der Waals surface area contributed by atoms with Gasteiger partial charge in [-0.2, -0.15) is 23.5 Å². The fourth-order valence-corrected chi connectivity index (χ4v) is 6.90. The smallest absolute Gasteiger partial charge is 0.320 e. The average molecular weight is 1020 g/mol. The number of nitrogens with one attached hydrogen (secondary N) is 3. The van der Waals surface area contributed by atoms with Crippen LogP contribution >= 0.6 is 23.5 Å². The highest BCUT2D eigenvalue weighted by Crippen LogP contribution is 2.33. The topological polar surface area (TPSA) is 175 Å². The minimum absolute atomic E-state index is 0.00448. The number of hydrogen-bond acceptors (Lipinski definition) is 16. The number of ether oxygens (including phenoxy) is 7. The van der Waals surface area contributed by atoms with Gasteiger partial charge in [-0.25, -0.2) is 0 Å². The van der Waals surface area contributed by atoms with Crippen molar-refractivity contribution in [2.75, 3.05) is 170 Å². The molecule has 0 aliphatic rings. The van der Waals surface area contributed by atoms with Gasteiger partial charge in [0, 0.05) is 50.6 Å². The first-order chi connectivity index (χ1) is 32.4. The minimum Gasteiger partial charge on any atom is -0.461 e. The number of rotatable bonds is 42. The van der Waals surface area contributed by atoms with E-state index in [9.17, 15) is 19.2 Å². The summed E-state index contributed by atoms with van der Waals surface area (Å²) in [6.45, 7) is 28.9. The van der Waals surface area contributed by atoms with Gasteiger partial charge in [0.2, 0.25) is 11.8 Å². The summed E-state index contributed by atoms with van der Waals surface area (Å²) >= 11 is 3.79. The molecule has 0 rings (SSSR count). The van der Waals surface area contributed by atoms with Crippen molar-refractivity contribution in [1.82, 2.24) is 25.8 Å². The number of amides is 2. The van der Waals surface area contributed by atoms with Gasteiger partial charge in [0.15, 0.2) is 0 Å². The maximum Gasteiger partial charge on any atom is 0.320 e. The molecule has 68 heavy (non-hydrogen) atoms. The van der Waals surface area contributed by atoms with E-state index in [-0.39, 0.29) is 60.9 Å². The molecule has 0 heterocycles. The summed E-state index contributed by atoms with van der Waals surface area (Å²) in [5.41, 5.74) is -0.00896. The van der Waals surface area contributed by atoms with Crippen molar-refractivity contribution >= 4 is 47.3 Å². The van der Waals surface area contributed by atoms with Crippen molar-refractivity contribution in [3.05, 3.63) is 0 Å². The third-order valence-electron chi connectivity index (χ3n) is 8.71. The van der Waals surface area contributed by atoms with Crippen LogP contribution in [-0.2, 0) is 52.3 Å². The first-order valence-electron chi connectivity index (χ1n) is 25.2. The summed E-state index contributed by atoms with van der Waals surface area (Å²) in [5, 5.41) is 8.75. The molecule has 0 bridgehead atoms. The average Bonchev–Trinajstić information content (AvgIpc) is 3.25. The summed E-state index contributed by atoms with van der Waals surface area (Å²) in [6, 6.07) is 0. The summed E-state index contributed by atoms with van der Waals surface area (Å²) in [6.07, 6.45) is 8.85. The molecule has 3 N–H and O–H groups in total. The van der Waals surface area contributed by atoms with E-state index in [0.29, 0.717) is 65.7 Å². The largest absolute Gasteiger partial charge is 0.461 e. The van der Waals surface area contributed by atoms with Crippen LogP contribution in [0.2, 0.25) is 0 Å². The van der Waals surface area contributed by atoms with E-state index in [0.717, 1.165) is 81.5 Å². The molecule has 0 radical (unpaired) electrons. The molecule has 0 aromatic rings. The van der Waals surface area contributed by atoms with Crippen molar-refractivity contribution in [3.8, 4) is 0 Å². The Kier molecular flexibility index (Phi) is 58.4. The van der Waals surface area contributed by atoms with Gasteiger partial charge in [0.05, 0.1) is 72.6 Å². The number of carbonyl (C=O) groups excluding carboxylic acids is 4. The van der Waals surface area contributed by atoms with Crippen molar-refractivity contribution < 1.29 is 52.3 Å². The molecule has 408 valence electrons. The molecule has 18 heteroatoms. The van der Waals surface area contributed by atoms with Crippen LogP contribution < -0.4 is 16.0 Å². The van der Waals surface area contributed by atoms with E-state index in [2.05, 4.69) is 83.2 Å². The van der Waals surface area contributed by atoms with Crippen LogP contribution in [0.4, 0.5) is 0 Å². The quantitative estimate of drug-likeness (QED) is 0.0429. The van der Waals surface area contributed by atoms with E-state index < -0.39 is 0 Å². The van der Waals surface area contributed by atoms with Crippen molar-refractivity contribution in [1.29, 1.82) is 0 Å². The Hall–Kier alpha value is -1.74. The summed E-state index contributed by atoms with van der Waals surface area (Å²) < 4.78 is 36.4. The van der Waals surface area contributed by atoms with Crippen molar-refractivity contribution in [3.63, 3.8) is 0 Å². The molecule has 0 saturated carbocycles. The number of likely N-dealkylation sites (N-methyl/N-ethyl adjacent to an activating group) is 3. The van der Waals surface area contributed by atoms with Crippen LogP contribution in [0.3, 0.4) is 0 Å². The minimum atomic E-state index is -0.360. The third-order valence-corrected chi connectivity index (χ3v) is 11.1. The Morgan fingerprint density at radius 3 is 1.24 bits per heavy atom. The maximum absolute atomic E-state index is 12.2. The SMILES string of the molecule is CCC.CCCOCCOCCOCCOCCOCCN(C)C.CCCSCCNC(=O)CC(C)(C)CCCC(C)(C)CC(=O)NCCSCCC.CNCC(=O)OCCOC(=O)CN(C)C. The molecule has 0 aromatic carbocycles. The highest BCUT2D eigenvalue weighted by Gasteiger charge is 2.26. The molecule has 0 saturated heterocycles. The van der Waals surface area contributed by atoms with Gasteiger partial charge >= 0.3 is 11.9 Å². The van der Waals surface area contributed by atoms with Gasteiger partial charge in [0.1, 0.15) is 13.2 Å². The van der Waals surface area contributed by atoms with E-state index in [1.807, 2.05) is 37.6 Å². The van der Waals surface area contributed by atoms with Crippen LogP contribution in [0.25, 0.3) is 0 Å². The van der Waals surface area contributed by atoms with E-state index in [1.54, 1.807) is 26.0 Å². The second kappa shape index (κ2) is 54.6. The highest BCUT2D eigenvalue weighted by atomic mass is 32.2. The monoisotopic (exact) mass is 1020 g/mol. The van der Waals surface area contributed by atoms with Crippen LogP contribution in [-0.4, -0.2) is 204 Å². The van der Waals surface area contributed by atoms with Crippen molar-refractivity contribution in [2.24, 2.45) is 10.8 Å². The number of hydrogen-bond donors (Lipinski definition) is 3. The van der Waals surface area contributed by atoms with E-state index >= 15 is 0 Å². The zero-order valence-electron chi connectivity index (χ0n) is 45.9. The normalized spacial score (nSPS) is 11.2. The summed E-state index contributed by atoms with van der Waals surface area (Å²) in [5.74, 6) is 3.94. The van der Waals surface area contributed by atoms with Crippen LogP contribution in [0.5, 0.6) is 0 Å². The van der Waals surface area contributed by atoms with Crippen LogP contribution in [0, 0.1) is 10.8 Å².